The van der Waals surface area contributed by atoms with Crippen molar-refractivity contribution in [2.75, 3.05) is 7.11 Å². The van der Waals surface area contributed by atoms with Crippen LogP contribution in [0.2, 0.25) is 5.02 Å². The first-order valence-corrected chi connectivity index (χ1v) is 11.3. The van der Waals surface area contributed by atoms with Gasteiger partial charge in [-0.3, -0.25) is 0 Å². The van der Waals surface area contributed by atoms with Crippen molar-refractivity contribution in [2.24, 2.45) is 0 Å². The maximum Gasteiger partial charge on any atom is 0.123 e. The van der Waals surface area contributed by atoms with Crippen molar-refractivity contribution in [1.82, 2.24) is 0 Å². The third-order valence-corrected chi connectivity index (χ3v) is 3.53. The van der Waals surface area contributed by atoms with Crippen molar-refractivity contribution in [3.8, 4) is 5.75 Å². The summed E-state index contributed by atoms with van der Waals surface area (Å²) in [4.78, 5) is 0. The van der Waals surface area contributed by atoms with Crippen LogP contribution in [0.25, 0.3) is 0 Å². The molecule has 174 valence electrons. The second-order valence-corrected chi connectivity index (χ2v) is 6.04. The molecule has 0 fully saturated rings. The summed E-state index contributed by atoms with van der Waals surface area (Å²) in [5.41, 5.74) is 3.59. The average Bonchev–Trinajstić information content (AvgIpc) is 2.83. The van der Waals surface area contributed by atoms with E-state index < -0.39 is 0 Å². The van der Waals surface area contributed by atoms with E-state index in [2.05, 4.69) is 6.92 Å². The molecule has 0 unspecified atom stereocenters. The van der Waals surface area contributed by atoms with Crippen LogP contribution >= 0.6 is 11.6 Å². The van der Waals surface area contributed by atoms with Gasteiger partial charge in [0.05, 0.1) is 7.11 Å². The topological polar surface area (TPSA) is 9.23 Å². The molecule has 0 atom stereocenters. The largest absolute Gasteiger partial charge is 0.497 e. The molecule has 31 heavy (non-hydrogen) atoms. The van der Waals surface area contributed by atoms with E-state index in [0.29, 0.717) is 0 Å². The summed E-state index contributed by atoms with van der Waals surface area (Å²) >= 11 is 5.61. The van der Waals surface area contributed by atoms with Crippen LogP contribution in [0, 0.1) is 26.6 Å². The van der Waals surface area contributed by atoms with Gasteiger partial charge in [0.25, 0.3) is 0 Å². The van der Waals surface area contributed by atoms with Crippen LogP contribution in [0.1, 0.15) is 58.2 Å². The van der Waals surface area contributed by atoms with Gasteiger partial charge >= 0.3 is 0 Å². The molecule has 0 aliphatic rings. The monoisotopic (exact) mass is 448 g/mol. The molecule has 0 N–H and O–H groups in total. The number of hydrogen-bond acceptors (Lipinski definition) is 1. The van der Waals surface area contributed by atoms with Crippen molar-refractivity contribution in [2.45, 2.75) is 62.3 Å². The molecule has 0 heterocycles. The lowest BCUT2D eigenvalue weighted by Gasteiger charge is -1.97. The fourth-order valence-corrected chi connectivity index (χ4v) is 1.87. The molecule has 3 heteroatoms. The predicted molar refractivity (Wildman–Crippen MR) is 139 cm³/mol. The van der Waals surface area contributed by atoms with Gasteiger partial charge in [0, 0.05) is 5.02 Å². The van der Waals surface area contributed by atoms with Gasteiger partial charge in [0.2, 0.25) is 0 Å². The molecule has 1 nitrogen and oxygen atoms in total. The predicted octanol–water partition coefficient (Wildman–Crippen LogP) is 9.86. The molecule has 0 spiro atoms. The Morgan fingerprint density at radius 2 is 0.839 bits per heavy atom. The second kappa shape index (κ2) is 24.0. The van der Waals surface area contributed by atoms with Gasteiger partial charge in [-0.05, 0) is 57.2 Å². The molecule has 0 saturated carbocycles. The lowest BCUT2D eigenvalue weighted by Crippen LogP contribution is -1.80. The first-order chi connectivity index (χ1) is 14.9. The molecule has 3 aromatic carbocycles. The van der Waals surface area contributed by atoms with Gasteiger partial charge in [0.1, 0.15) is 11.6 Å². The van der Waals surface area contributed by atoms with Crippen LogP contribution in [0.3, 0.4) is 0 Å². The Morgan fingerprint density at radius 3 is 1.10 bits per heavy atom. The summed E-state index contributed by atoms with van der Waals surface area (Å²) in [6, 6.07) is 22.1. The maximum absolute atomic E-state index is 12.1. The maximum atomic E-state index is 12.1. The molecule has 0 saturated heterocycles. The van der Waals surface area contributed by atoms with E-state index in [1.54, 1.807) is 19.2 Å². The molecule has 0 aliphatic carbocycles. The zero-order valence-corrected chi connectivity index (χ0v) is 21.8. The summed E-state index contributed by atoms with van der Waals surface area (Å²) in [6.07, 6.45) is 0. The molecule has 3 rings (SSSR count). The number of halogens is 2. The van der Waals surface area contributed by atoms with Gasteiger partial charge in [-0.15, -0.1) is 0 Å². The number of benzene rings is 3. The minimum atomic E-state index is -0.171. The van der Waals surface area contributed by atoms with Gasteiger partial charge in [0.15, 0.2) is 0 Å². The number of aryl methyl sites for hydroxylation is 3. The number of rotatable bonds is 1. The molecule has 0 bridgehead atoms. The number of methoxy groups -OCH3 is 1. The summed E-state index contributed by atoms with van der Waals surface area (Å²) in [6.45, 7) is 18.0. The minimum absolute atomic E-state index is 0.171. The van der Waals surface area contributed by atoms with E-state index in [9.17, 15) is 4.39 Å². The molecule has 0 aromatic heterocycles. The van der Waals surface area contributed by atoms with Gasteiger partial charge in [-0.2, -0.15) is 0 Å². The smallest absolute Gasteiger partial charge is 0.123 e. The number of ether oxygens (including phenoxy) is 1. The summed E-state index contributed by atoms with van der Waals surface area (Å²) in [5.74, 6) is 0.746. The highest BCUT2D eigenvalue weighted by Crippen LogP contribution is 2.09. The standard InChI is InChI=1S/C8H10O.C7H7Cl.C7H7F.3C2H6/c1-7-3-5-8(9-2)6-4-7;2*1-6-2-4-7(8)5-3-6;3*1-2/h3-6H,1-2H3;2*2-5H,1H3;3*1-2H3. The van der Waals surface area contributed by atoms with E-state index in [1.165, 1.54) is 23.3 Å². The van der Waals surface area contributed by atoms with Gasteiger partial charge in [-0.25, -0.2) is 4.39 Å². The van der Waals surface area contributed by atoms with Crippen LogP contribution in [0.15, 0.2) is 72.8 Å². The Kier molecular flexibility index (Phi) is 25.7. The van der Waals surface area contributed by atoms with E-state index in [-0.39, 0.29) is 5.82 Å². The van der Waals surface area contributed by atoms with Crippen molar-refractivity contribution < 1.29 is 9.13 Å². The third-order valence-electron chi connectivity index (χ3n) is 3.28. The van der Waals surface area contributed by atoms with Crippen LogP contribution in [-0.4, -0.2) is 7.11 Å². The Bertz CT molecular complexity index is 635. The van der Waals surface area contributed by atoms with Gasteiger partial charge in [-0.1, -0.05) is 106 Å². The normalized spacial score (nSPS) is 8.00. The molecule has 0 amide bonds. The first kappa shape index (κ1) is 33.3. The molecule has 3 aromatic rings. The van der Waals surface area contributed by atoms with Crippen molar-refractivity contribution >= 4 is 11.6 Å². The Hall–Kier alpha value is -2.32. The summed E-state index contributed by atoms with van der Waals surface area (Å²) < 4.78 is 17.1. The summed E-state index contributed by atoms with van der Waals surface area (Å²) in [7, 11) is 1.67. The lowest BCUT2D eigenvalue weighted by molar-refractivity contribution is 0.414. The third kappa shape index (κ3) is 20.7. The lowest BCUT2D eigenvalue weighted by atomic mass is 10.2. The molecule has 0 radical (unpaired) electrons. The van der Waals surface area contributed by atoms with Crippen LogP contribution in [-0.2, 0) is 0 Å². The van der Waals surface area contributed by atoms with Crippen LogP contribution < -0.4 is 4.74 Å². The first-order valence-electron chi connectivity index (χ1n) is 11.0. The molecular formula is C28H42ClFO. The zero-order chi connectivity index (χ0) is 24.7. The van der Waals surface area contributed by atoms with E-state index >= 15 is 0 Å². The fourth-order valence-electron chi connectivity index (χ4n) is 1.74. The number of hydrogen-bond donors (Lipinski definition) is 0. The quantitative estimate of drug-likeness (QED) is 0.359. The zero-order valence-electron chi connectivity index (χ0n) is 21.1. The van der Waals surface area contributed by atoms with E-state index in [1.807, 2.05) is 104 Å². The highest BCUT2D eigenvalue weighted by molar-refractivity contribution is 6.30. The SMILES string of the molecule is CC.CC.CC.COc1ccc(C)cc1.Cc1ccc(Cl)cc1.Cc1ccc(F)cc1. The Balaban J connectivity index is -0.000000338. The fraction of sp³-hybridized carbons (Fsp3) is 0.357. The summed E-state index contributed by atoms with van der Waals surface area (Å²) in [5, 5.41) is 0.801. The Labute approximate surface area is 196 Å². The highest BCUT2D eigenvalue weighted by atomic mass is 35.5. The van der Waals surface area contributed by atoms with Crippen LogP contribution in [0.5, 0.6) is 5.75 Å². The van der Waals surface area contributed by atoms with E-state index in [4.69, 9.17) is 16.3 Å². The Morgan fingerprint density at radius 1 is 0.548 bits per heavy atom. The molecule has 0 aliphatic heterocycles. The van der Waals surface area contributed by atoms with Gasteiger partial charge < -0.3 is 4.74 Å². The van der Waals surface area contributed by atoms with Crippen LogP contribution in [0.4, 0.5) is 4.39 Å². The van der Waals surface area contributed by atoms with Crippen molar-refractivity contribution in [3.63, 3.8) is 0 Å². The van der Waals surface area contributed by atoms with E-state index in [0.717, 1.165) is 16.3 Å². The second-order valence-electron chi connectivity index (χ2n) is 5.61. The van der Waals surface area contributed by atoms with Crippen molar-refractivity contribution in [1.29, 1.82) is 0 Å². The average molecular weight is 449 g/mol. The highest BCUT2D eigenvalue weighted by Gasteiger charge is 1.86. The minimum Gasteiger partial charge on any atom is -0.497 e. The van der Waals surface area contributed by atoms with Crippen molar-refractivity contribution in [3.05, 3.63) is 100 Å². The molecular weight excluding hydrogens is 407 g/mol.